The molecule has 1 saturated heterocycles. The number of ether oxygens (including phenoxy) is 1. The largest absolute Gasteiger partial charge is 0.450 e. The summed E-state index contributed by atoms with van der Waals surface area (Å²) in [5.41, 5.74) is 3.39. The average molecular weight is 369 g/mol. The van der Waals surface area contributed by atoms with Crippen molar-refractivity contribution in [3.63, 3.8) is 0 Å². The van der Waals surface area contributed by atoms with Gasteiger partial charge in [0.05, 0.1) is 6.61 Å². The molecule has 2 aromatic rings. The van der Waals surface area contributed by atoms with E-state index in [9.17, 15) is 4.79 Å². The maximum absolute atomic E-state index is 11.8. The second-order valence-corrected chi connectivity index (χ2v) is 6.64. The van der Waals surface area contributed by atoms with Crippen LogP contribution in [0.1, 0.15) is 23.7 Å². The Morgan fingerprint density at radius 2 is 1.89 bits per heavy atom. The van der Waals surface area contributed by atoms with Gasteiger partial charge < -0.3 is 19.9 Å². The van der Waals surface area contributed by atoms with E-state index in [-0.39, 0.29) is 6.09 Å². The maximum Gasteiger partial charge on any atom is 0.409 e. The molecule has 1 N–H and O–H groups in total. The fourth-order valence-corrected chi connectivity index (χ4v) is 3.11. The van der Waals surface area contributed by atoms with Crippen LogP contribution in [-0.2, 0) is 11.3 Å². The maximum atomic E-state index is 11.8. The van der Waals surface area contributed by atoms with Gasteiger partial charge in [0.15, 0.2) is 0 Å². The fourth-order valence-electron chi connectivity index (χ4n) is 3.11. The Hall–Kier alpha value is -2.83. The molecule has 1 aliphatic rings. The number of benzene rings is 1. The lowest BCUT2D eigenvalue weighted by atomic mass is 10.1. The number of nitrogens with zero attached hydrogens (tertiary/aromatic N) is 4. The van der Waals surface area contributed by atoms with Crippen LogP contribution < -0.4 is 10.2 Å². The minimum atomic E-state index is -0.239. The van der Waals surface area contributed by atoms with E-state index in [0.717, 1.165) is 24.6 Å². The number of anilines is 2. The summed E-state index contributed by atoms with van der Waals surface area (Å²) in [5, 5.41) is 3.33. The Labute approximate surface area is 160 Å². The Bertz CT molecular complexity index is 788. The molecule has 1 aromatic heterocycles. The van der Waals surface area contributed by atoms with E-state index in [1.54, 1.807) is 4.90 Å². The number of carbonyl (C=O) groups is 1. The summed E-state index contributed by atoms with van der Waals surface area (Å²) in [6.45, 7) is 9.71. The lowest BCUT2D eigenvalue weighted by Gasteiger charge is -2.34. The third kappa shape index (κ3) is 4.87. The van der Waals surface area contributed by atoms with Gasteiger partial charge in [-0.05, 0) is 31.9 Å². The molecule has 0 saturated carbocycles. The lowest BCUT2D eigenvalue weighted by molar-refractivity contribution is 0.105. The summed E-state index contributed by atoms with van der Waals surface area (Å²) < 4.78 is 5.08. The van der Waals surface area contributed by atoms with Crippen LogP contribution in [0.3, 0.4) is 0 Å². The van der Waals surface area contributed by atoms with Crippen LogP contribution >= 0.6 is 0 Å². The molecule has 1 fully saturated rings. The molecule has 0 bridgehead atoms. The van der Waals surface area contributed by atoms with Gasteiger partial charge in [0.2, 0.25) is 5.95 Å². The summed E-state index contributed by atoms with van der Waals surface area (Å²) in [7, 11) is 0. The Balaban J connectivity index is 1.64. The van der Waals surface area contributed by atoms with E-state index in [0.29, 0.717) is 32.2 Å². The SMILES string of the molecule is CCOC(=O)N1CCN(c2cc(C)nc(NCc3ccccc3C)n2)CC1. The van der Waals surface area contributed by atoms with E-state index in [1.165, 1.54) is 11.1 Å². The number of aromatic nitrogens is 2. The lowest BCUT2D eigenvalue weighted by Crippen LogP contribution is -2.49. The van der Waals surface area contributed by atoms with Gasteiger partial charge in [-0.2, -0.15) is 4.98 Å². The molecular weight excluding hydrogens is 342 g/mol. The topological polar surface area (TPSA) is 70.6 Å². The molecule has 0 aliphatic carbocycles. The molecular formula is C20H27N5O2. The van der Waals surface area contributed by atoms with Gasteiger partial charge in [0.25, 0.3) is 0 Å². The normalized spacial score (nSPS) is 14.2. The Morgan fingerprint density at radius 3 is 2.59 bits per heavy atom. The van der Waals surface area contributed by atoms with Crippen molar-refractivity contribution in [1.29, 1.82) is 0 Å². The molecule has 1 aromatic carbocycles. The number of rotatable bonds is 5. The van der Waals surface area contributed by atoms with E-state index < -0.39 is 0 Å². The summed E-state index contributed by atoms with van der Waals surface area (Å²) in [6, 6.07) is 10.3. The second kappa shape index (κ2) is 8.70. The first kappa shape index (κ1) is 18.9. The highest BCUT2D eigenvalue weighted by molar-refractivity contribution is 5.68. The van der Waals surface area contributed by atoms with Crippen LogP contribution in [0.2, 0.25) is 0 Å². The van der Waals surface area contributed by atoms with Crippen molar-refractivity contribution in [2.24, 2.45) is 0 Å². The van der Waals surface area contributed by atoms with Crippen molar-refractivity contribution in [3.05, 3.63) is 47.2 Å². The first-order chi connectivity index (χ1) is 13.1. The fraction of sp³-hybridized carbons (Fsp3) is 0.450. The van der Waals surface area contributed by atoms with Gasteiger partial charge in [0, 0.05) is 44.5 Å². The number of carbonyl (C=O) groups excluding carboxylic acids is 1. The zero-order valence-corrected chi connectivity index (χ0v) is 16.2. The van der Waals surface area contributed by atoms with Gasteiger partial charge in [0.1, 0.15) is 5.82 Å². The molecule has 27 heavy (non-hydrogen) atoms. The molecule has 1 aliphatic heterocycles. The molecule has 0 spiro atoms. The number of aryl methyl sites for hydroxylation is 2. The molecule has 0 radical (unpaired) electrons. The summed E-state index contributed by atoms with van der Waals surface area (Å²) in [4.78, 5) is 25.0. The molecule has 2 heterocycles. The third-order valence-electron chi connectivity index (χ3n) is 4.67. The standard InChI is InChI=1S/C20H27N5O2/c1-4-27-20(26)25-11-9-24(10-12-25)18-13-16(3)22-19(23-18)21-14-17-8-6-5-7-15(17)2/h5-8,13H,4,9-12,14H2,1-3H3,(H,21,22,23). The van der Waals surface area contributed by atoms with Crippen molar-refractivity contribution in [3.8, 4) is 0 Å². The van der Waals surface area contributed by atoms with Crippen LogP contribution in [0, 0.1) is 13.8 Å². The van der Waals surface area contributed by atoms with Gasteiger partial charge in [-0.25, -0.2) is 9.78 Å². The summed E-state index contributed by atoms with van der Waals surface area (Å²) >= 11 is 0. The van der Waals surface area contributed by atoms with Crippen LogP contribution in [0.5, 0.6) is 0 Å². The second-order valence-electron chi connectivity index (χ2n) is 6.64. The highest BCUT2D eigenvalue weighted by atomic mass is 16.6. The predicted molar refractivity (Wildman–Crippen MR) is 106 cm³/mol. The molecule has 7 heteroatoms. The average Bonchev–Trinajstić information content (AvgIpc) is 2.67. The zero-order valence-electron chi connectivity index (χ0n) is 16.2. The molecule has 1 amide bonds. The highest BCUT2D eigenvalue weighted by Crippen LogP contribution is 2.18. The minimum absolute atomic E-state index is 0.239. The van der Waals surface area contributed by atoms with E-state index in [1.807, 2.05) is 32.0 Å². The van der Waals surface area contributed by atoms with Gasteiger partial charge in [-0.1, -0.05) is 24.3 Å². The van der Waals surface area contributed by atoms with Gasteiger partial charge in [-0.15, -0.1) is 0 Å². The van der Waals surface area contributed by atoms with Gasteiger partial charge >= 0.3 is 6.09 Å². The smallest absolute Gasteiger partial charge is 0.409 e. The van der Waals surface area contributed by atoms with E-state index in [2.05, 4.69) is 39.2 Å². The summed E-state index contributed by atoms with van der Waals surface area (Å²) in [5.74, 6) is 1.51. The van der Waals surface area contributed by atoms with Crippen LogP contribution in [-0.4, -0.2) is 53.7 Å². The van der Waals surface area contributed by atoms with Crippen molar-refractivity contribution in [2.45, 2.75) is 27.3 Å². The molecule has 7 nitrogen and oxygen atoms in total. The Morgan fingerprint density at radius 1 is 1.15 bits per heavy atom. The van der Waals surface area contributed by atoms with Crippen molar-refractivity contribution < 1.29 is 9.53 Å². The quantitative estimate of drug-likeness (QED) is 0.874. The number of amides is 1. The molecule has 0 atom stereocenters. The monoisotopic (exact) mass is 369 g/mol. The molecule has 0 unspecified atom stereocenters. The number of hydrogen-bond acceptors (Lipinski definition) is 6. The first-order valence-corrected chi connectivity index (χ1v) is 9.37. The molecule has 3 rings (SSSR count). The van der Waals surface area contributed by atoms with Crippen molar-refractivity contribution >= 4 is 17.9 Å². The predicted octanol–water partition coefficient (Wildman–Crippen LogP) is 2.98. The number of hydrogen-bond donors (Lipinski definition) is 1. The van der Waals surface area contributed by atoms with Crippen LogP contribution in [0.25, 0.3) is 0 Å². The summed E-state index contributed by atoms with van der Waals surface area (Å²) in [6.07, 6.45) is -0.239. The number of nitrogens with one attached hydrogen (secondary N) is 1. The van der Waals surface area contributed by atoms with Crippen LogP contribution in [0.15, 0.2) is 30.3 Å². The minimum Gasteiger partial charge on any atom is -0.450 e. The number of piperazine rings is 1. The van der Waals surface area contributed by atoms with Gasteiger partial charge in [-0.3, -0.25) is 0 Å². The van der Waals surface area contributed by atoms with Crippen molar-refractivity contribution in [2.75, 3.05) is 43.0 Å². The molecule has 144 valence electrons. The third-order valence-corrected chi connectivity index (χ3v) is 4.67. The zero-order chi connectivity index (χ0) is 19.2. The first-order valence-electron chi connectivity index (χ1n) is 9.37. The van der Waals surface area contributed by atoms with E-state index >= 15 is 0 Å². The Kier molecular flexibility index (Phi) is 6.11. The van der Waals surface area contributed by atoms with Crippen LogP contribution in [0.4, 0.5) is 16.6 Å². The van der Waals surface area contributed by atoms with Crippen molar-refractivity contribution in [1.82, 2.24) is 14.9 Å². The highest BCUT2D eigenvalue weighted by Gasteiger charge is 2.23. The van der Waals surface area contributed by atoms with E-state index in [4.69, 9.17) is 4.74 Å².